The molecule has 2 rings (SSSR count). The SMILES string of the molecule is COc1cc(OC)cc(-c2noc([C@@H](N)[C@@H](C)O)n2)c1. The van der Waals surface area contributed by atoms with Gasteiger partial charge in [0.25, 0.3) is 0 Å². The van der Waals surface area contributed by atoms with Crippen molar-refractivity contribution in [3.63, 3.8) is 0 Å². The quantitative estimate of drug-likeness (QED) is 0.845. The van der Waals surface area contributed by atoms with Crippen molar-refractivity contribution in [2.75, 3.05) is 14.2 Å². The summed E-state index contributed by atoms with van der Waals surface area (Å²) in [7, 11) is 3.12. The molecule has 0 saturated carbocycles. The Hall–Kier alpha value is -2.12. The zero-order valence-electron chi connectivity index (χ0n) is 11.5. The second kappa shape index (κ2) is 5.89. The number of ether oxygens (including phenoxy) is 2. The number of nitrogens with two attached hydrogens (primary N) is 1. The summed E-state index contributed by atoms with van der Waals surface area (Å²) < 4.78 is 15.4. The summed E-state index contributed by atoms with van der Waals surface area (Å²) in [6.07, 6.45) is -0.775. The normalized spacial score (nSPS) is 13.8. The van der Waals surface area contributed by atoms with Crippen molar-refractivity contribution in [2.24, 2.45) is 5.73 Å². The Bertz CT molecular complexity index is 560. The molecule has 0 aliphatic carbocycles. The van der Waals surface area contributed by atoms with E-state index in [1.54, 1.807) is 39.3 Å². The highest BCUT2D eigenvalue weighted by atomic mass is 16.5. The monoisotopic (exact) mass is 279 g/mol. The highest BCUT2D eigenvalue weighted by Crippen LogP contribution is 2.28. The number of benzene rings is 1. The van der Waals surface area contributed by atoms with Crippen LogP contribution in [0.5, 0.6) is 11.5 Å². The zero-order valence-corrected chi connectivity index (χ0v) is 11.5. The number of methoxy groups -OCH3 is 2. The molecule has 1 aromatic carbocycles. The van der Waals surface area contributed by atoms with Crippen LogP contribution < -0.4 is 15.2 Å². The van der Waals surface area contributed by atoms with Crippen molar-refractivity contribution in [1.29, 1.82) is 0 Å². The Morgan fingerprint density at radius 1 is 1.20 bits per heavy atom. The van der Waals surface area contributed by atoms with E-state index < -0.39 is 12.1 Å². The molecule has 20 heavy (non-hydrogen) atoms. The minimum absolute atomic E-state index is 0.178. The molecule has 0 saturated heterocycles. The molecule has 0 amide bonds. The minimum Gasteiger partial charge on any atom is -0.497 e. The summed E-state index contributed by atoms with van der Waals surface area (Å²) in [6.45, 7) is 1.56. The van der Waals surface area contributed by atoms with Gasteiger partial charge in [-0.3, -0.25) is 0 Å². The van der Waals surface area contributed by atoms with E-state index in [4.69, 9.17) is 19.7 Å². The van der Waals surface area contributed by atoms with E-state index in [2.05, 4.69) is 10.1 Å². The second-order valence-electron chi connectivity index (χ2n) is 4.32. The lowest BCUT2D eigenvalue weighted by Crippen LogP contribution is -2.23. The largest absolute Gasteiger partial charge is 0.497 e. The van der Waals surface area contributed by atoms with Crippen molar-refractivity contribution in [2.45, 2.75) is 19.1 Å². The third kappa shape index (κ3) is 2.89. The third-order valence-corrected chi connectivity index (χ3v) is 2.86. The van der Waals surface area contributed by atoms with Crippen LogP contribution in [0.1, 0.15) is 18.9 Å². The van der Waals surface area contributed by atoms with Gasteiger partial charge in [-0.1, -0.05) is 5.16 Å². The predicted octanol–water partition coefficient (Wildman–Crippen LogP) is 1.13. The highest BCUT2D eigenvalue weighted by Gasteiger charge is 2.20. The standard InChI is InChI=1S/C13H17N3O4/c1-7(17)11(14)13-15-12(16-20-13)8-4-9(18-2)6-10(5-8)19-3/h4-7,11,17H,14H2,1-3H3/t7-,11+/m1/s1. The van der Waals surface area contributed by atoms with E-state index >= 15 is 0 Å². The summed E-state index contributed by atoms with van der Waals surface area (Å²) in [5.41, 5.74) is 6.42. The van der Waals surface area contributed by atoms with Crippen LogP contribution in [0.3, 0.4) is 0 Å². The average Bonchev–Trinajstić information content (AvgIpc) is 2.95. The molecule has 0 aliphatic rings. The number of aliphatic hydroxyl groups is 1. The van der Waals surface area contributed by atoms with Gasteiger partial charge in [-0.05, 0) is 19.1 Å². The van der Waals surface area contributed by atoms with Gasteiger partial charge in [0.15, 0.2) is 0 Å². The second-order valence-corrected chi connectivity index (χ2v) is 4.32. The van der Waals surface area contributed by atoms with Gasteiger partial charge in [-0.15, -0.1) is 0 Å². The number of nitrogens with zero attached hydrogens (tertiary/aromatic N) is 2. The fraction of sp³-hybridized carbons (Fsp3) is 0.385. The van der Waals surface area contributed by atoms with Gasteiger partial charge in [0.1, 0.15) is 17.5 Å². The number of hydrogen-bond acceptors (Lipinski definition) is 7. The van der Waals surface area contributed by atoms with E-state index in [1.165, 1.54) is 0 Å². The smallest absolute Gasteiger partial charge is 0.246 e. The molecule has 0 unspecified atom stereocenters. The van der Waals surface area contributed by atoms with Crippen LogP contribution in [0.25, 0.3) is 11.4 Å². The Labute approximate surface area is 116 Å². The molecule has 2 aromatic rings. The Kier molecular flexibility index (Phi) is 4.21. The van der Waals surface area contributed by atoms with Crippen LogP contribution in [-0.4, -0.2) is 35.6 Å². The molecule has 3 N–H and O–H groups in total. The molecular formula is C13H17N3O4. The highest BCUT2D eigenvalue weighted by molar-refractivity contribution is 5.60. The number of hydrogen-bond donors (Lipinski definition) is 2. The van der Waals surface area contributed by atoms with Crippen molar-refractivity contribution in [1.82, 2.24) is 10.1 Å². The molecule has 0 fully saturated rings. The van der Waals surface area contributed by atoms with Gasteiger partial charge in [0.2, 0.25) is 11.7 Å². The summed E-state index contributed by atoms with van der Waals surface area (Å²) in [6, 6.07) is 4.53. The van der Waals surface area contributed by atoms with Gasteiger partial charge in [0, 0.05) is 11.6 Å². The molecule has 0 radical (unpaired) electrons. The first kappa shape index (κ1) is 14.3. The molecule has 0 aliphatic heterocycles. The van der Waals surface area contributed by atoms with E-state index in [-0.39, 0.29) is 5.89 Å². The first-order valence-corrected chi connectivity index (χ1v) is 6.06. The summed E-state index contributed by atoms with van der Waals surface area (Å²) in [5, 5.41) is 13.3. The maximum atomic E-state index is 9.43. The fourth-order valence-electron chi connectivity index (χ4n) is 1.63. The summed E-state index contributed by atoms with van der Waals surface area (Å²) >= 11 is 0. The van der Waals surface area contributed by atoms with Crippen molar-refractivity contribution in [3.8, 4) is 22.9 Å². The van der Waals surface area contributed by atoms with Crippen molar-refractivity contribution in [3.05, 3.63) is 24.1 Å². The molecular weight excluding hydrogens is 262 g/mol. The lowest BCUT2D eigenvalue weighted by atomic mass is 10.2. The summed E-state index contributed by atoms with van der Waals surface area (Å²) in [5.74, 6) is 1.76. The molecule has 108 valence electrons. The maximum absolute atomic E-state index is 9.43. The van der Waals surface area contributed by atoms with Crippen LogP contribution in [0.15, 0.2) is 22.7 Å². The van der Waals surface area contributed by atoms with Gasteiger partial charge in [0.05, 0.1) is 20.3 Å². The molecule has 2 atom stereocenters. The lowest BCUT2D eigenvalue weighted by Gasteiger charge is -2.08. The zero-order chi connectivity index (χ0) is 14.7. The van der Waals surface area contributed by atoms with Crippen molar-refractivity contribution >= 4 is 0 Å². The maximum Gasteiger partial charge on any atom is 0.246 e. The van der Waals surface area contributed by atoms with Gasteiger partial charge < -0.3 is 24.8 Å². The van der Waals surface area contributed by atoms with Crippen LogP contribution in [0.2, 0.25) is 0 Å². The van der Waals surface area contributed by atoms with Gasteiger partial charge >= 0.3 is 0 Å². The predicted molar refractivity (Wildman–Crippen MR) is 71.4 cm³/mol. The van der Waals surface area contributed by atoms with Crippen LogP contribution in [0.4, 0.5) is 0 Å². The lowest BCUT2D eigenvalue weighted by molar-refractivity contribution is 0.146. The topological polar surface area (TPSA) is 104 Å². The Morgan fingerprint density at radius 3 is 2.30 bits per heavy atom. The minimum atomic E-state index is -0.775. The number of rotatable bonds is 5. The van der Waals surface area contributed by atoms with Gasteiger partial charge in [-0.2, -0.15) is 4.98 Å². The molecule has 7 heteroatoms. The third-order valence-electron chi connectivity index (χ3n) is 2.86. The first-order valence-electron chi connectivity index (χ1n) is 6.06. The number of aliphatic hydroxyl groups excluding tert-OH is 1. The Balaban J connectivity index is 2.36. The van der Waals surface area contributed by atoms with Gasteiger partial charge in [-0.25, -0.2) is 0 Å². The van der Waals surface area contributed by atoms with Crippen LogP contribution in [-0.2, 0) is 0 Å². The molecule has 0 bridgehead atoms. The molecule has 1 heterocycles. The Morgan fingerprint density at radius 2 is 1.80 bits per heavy atom. The first-order chi connectivity index (χ1) is 9.55. The summed E-state index contributed by atoms with van der Waals surface area (Å²) in [4.78, 5) is 4.18. The van der Waals surface area contributed by atoms with E-state index in [9.17, 15) is 5.11 Å². The number of aromatic nitrogens is 2. The molecule has 7 nitrogen and oxygen atoms in total. The average molecular weight is 279 g/mol. The van der Waals surface area contributed by atoms with Crippen molar-refractivity contribution < 1.29 is 19.1 Å². The molecule has 0 spiro atoms. The van der Waals surface area contributed by atoms with Crippen LogP contribution >= 0.6 is 0 Å². The fourth-order valence-corrected chi connectivity index (χ4v) is 1.63. The van der Waals surface area contributed by atoms with E-state index in [1.807, 2.05) is 0 Å². The van der Waals surface area contributed by atoms with E-state index in [0.717, 1.165) is 0 Å². The van der Waals surface area contributed by atoms with E-state index in [0.29, 0.717) is 22.9 Å². The van der Waals surface area contributed by atoms with Crippen LogP contribution in [0, 0.1) is 0 Å². The molecule has 1 aromatic heterocycles.